The van der Waals surface area contributed by atoms with Crippen LogP contribution in [0, 0.1) is 6.92 Å². The number of benzene rings is 1. The minimum absolute atomic E-state index is 0.107. The first kappa shape index (κ1) is 16.2. The summed E-state index contributed by atoms with van der Waals surface area (Å²) in [6.07, 6.45) is 1.38. The highest BCUT2D eigenvalue weighted by Crippen LogP contribution is 2.23. The zero-order valence-corrected chi connectivity index (χ0v) is 13.4. The van der Waals surface area contributed by atoms with Crippen molar-refractivity contribution in [3.05, 3.63) is 40.2 Å². The Bertz CT molecular complexity index is 859. The van der Waals surface area contributed by atoms with Gasteiger partial charge in [0.15, 0.2) is 0 Å². The van der Waals surface area contributed by atoms with Gasteiger partial charge in [0.05, 0.1) is 6.54 Å². The van der Waals surface area contributed by atoms with Crippen molar-refractivity contribution in [3.8, 4) is 0 Å². The van der Waals surface area contributed by atoms with Crippen molar-refractivity contribution in [2.24, 2.45) is 5.73 Å². The standard InChI is InChI=1S/C17H19N3O4/c1-10-7-16(22)24-14-8-11(4-5-12(10)14)19-17(23)13-3-2-6-20(13)15(21)9-18/h4-5,7-8,13H,2-3,6,9,18H2,1H3,(H,19,23)/t13-/m1/s1. The van der Waals surface area contributed by atoms with Crippen LogP contribution >= 0.6 is 0 Å². The maximum absolute atomic E-state index is 12.5. The highest BCUT2D eigenvalue weighted by Gasteiger charge is 2.33. The SMILES string of the molecule is Cc1cc(=O)oc2cc(NC(=O)[C@H]3CCCN3C(=O)CN)ccc12. The summed E-state index contributed by atoms with van der Waals surface area (Å²) in [5.41, 5.74) is 6.71. The summed E-state index contributed by atoms with van der Waals surface area (Å²) in [5, 5.41) is 3.60. The molecule has 7 heteroatoms. The normalized spacial score (nSPS) is 17.2. The van der Waals surface area contributed by atoms with E-state index in [0.29, 0.717) is 24.2 Å². The average Bonchev–Trinajstić information content (AvgIpc) is 3.03. The number of nitrogens with two attached hydrogens (primary N) is 1. The van der Waals surface area contributed by atoms with Crippen LogP contribution in [-0.2, 0) is 9.59 Å². The third kappa shape index (κ3) is 3.03. The average molecular weight is 329 g/mol. The smallest absolute Gasteiger partial charge is 0.336 e. The second kappa shape index (κ2) is 6.45. The molecule has 0 aliphatic carbocycles. The third-order valence-electron chi connectivity index (χ3n) is 4.27. The third-order valence-corrected chi connectivity index (χ3v) is 4.27. The number of fused-ring (bicyclic) bond motifs is 1. The van der Waals surface area contributed by atoms with Crippen LogP contribution in [0.4, 0.5) is 5.69 Å². The van der Waals surface area contributed by atoms with Crippen LogP contribution in [-0.4, -0.2) is 35.8 Å². The molecule has 0 radical (unpaired) electrons. The van der Waals surface area contributed by atoms with E-state index in [1.165, 1.54) is 11.0 Å². The van der Waals surface area contributed by atoms with Gasteiger partial charge in [0.2, 0.25) is 11.8 Å². The molecule has 1 aliphatic rings. The predicted octanol–water partition coefficient (Wildman–Crippen LogP) is 0.990. The molecule has 1 atom stereocenters. The van der Waals surface area contributed by atoms with Gasteiger partial charge in [-0.15, -0.1) is 0 Å². The molecule has 3 rings (SSSR count). The molecule has 2 heterocycles. The van der Waals surface area contributed by atoms with E-state index in [1.807, 2.05) is 6.92 Å². The molecule has 1 fully saturated rings. The van der Waals surface area contributed by atoms with Crippen LogP contribution in [0.15, 0.2) is 33.5 Å². The van der Waals surface area contributed by atoms with Gasteiger partial charge in [0.1, 0.15) is 11.6 Å². The van der Waals surface area contributed by atoms with E-state index in [0.717, 1.165) is 17.4 Å². The summed E-state index contributed by atoms with van der Waals surface area (Å²) in [4.78, 5) is 37.3. The van der Waals surface area contributed by atoms with E-state index in [9.17, 15) is 14.4 Å². The number of carbonyl (C=O) groups excluding carboxylic acids is 2. The zero-order valence-electron chi connectivity index (χ0n) is 13.4. The van der Waals surface area contributed by atoms with E-state index in [2.05, 4.69) is 5.32 Å². The fraction of sp³-hybridized carbons (Fsp3) is 0.353. The number of nitrogens with one attached hydrogen (secondary N) is 1. The van der Waals surface area contributed by atoms with Crippen molar-refractivity contribution in [1.82, 2.24) is 4.90 Å². The Morgan fingerprint density at radius 3 is 2.92 bits per heavy atom. The first-order valence-electron chi connectivity index (χ1n) is 7.84. The monoisotopic (exact) mass is 329 g/mol. The van der Waals surface area contributed by atoms with Crippen LogP contribution in [0.5, 0.6) is 0 Å². The molecule has 126 valence electrons. The van der Waals surface area contributed by atoms with Gasteiger partial charge in [-0.05, 0) is 37.5 Å². The Kier molecular flexibility index (Phi) is 4.35. The van der Waals surface area contributed by atoms with Crippen LogP contribution in [0.1, 0.15) is 18.4 Å². The Labute approximate surface area is 138 Å². The van der Waals surface area contributed by atoms with Crippen LogP contribution in [0.2, 0.25) is 0 Å². The van der Waals surface area contributed by atoms with Crippen molar-refractivity contribution in [2.75, 3.05) is 18.4 Å². The first-order valence-corrected chi connectivity index (χ1v) is 7.84. The number of hydrogen-bond donors (Lipinski definition) is 2. The molecule has 1 saturated heterocycles. The lowest BCUT2D eigenvalue weighted by Crippen LogP contribution is -2.45. The molecule has 1 aromatic carbocycles. The van der Waals surface area contributed by atoms with E-state index in [-0.39, 0.29) is 18.4 Å². The van der Waals surface area contributed by atoms with E-state index in [1.54, 1.807) is 18.2 Å². The molecule has 1 aromatic heterocycles. The molecule has 0 bridgehead atoms. The summed E-state index contributed by atoms with van der Waals surface area (Å²) in [7, 11) is 0. The highest BCUT2D eigenvalue weighted by molar-refractivity contribution is 5.99. The van der Waals surface area contributed by atoms with Gasteiger partial charge in [0, 0.05) is 29.8 Å². The lowest BCUT2D eigenvalue weighted by Gasteiger charge is -2.23. The topological polar surface area (TPSA) is 106 Å². The molecule has 2 aromatic rings. The minimum Gasteiger partial charge on any atom is -0.423 e. The van der Waals surface area contributed by atoms with Crippen LogP contribution < -0.4 is 16.7 Å². The van der Waals surface area contributed by atoms with Gasteiger partial charge in [-0.25, -0.2) is 4.79 Å². The second-order valence-electron chi connectivity index (χ2n) is 5.90. The summed E-state index contributed by atoms with van der Waals surface area (Å²) >= 11 is 0. The summed E-state index contributed by atoms with van der Waals surface area (Å²) in [6, 6.07) is 6.07. The van der Waals surface area contributed by atoms with Crippen molar-refractivity contribution in [2.45, 2.75) is 25.8 Å². The Balaban J connectivity index is 1.83. The fourth-order valence-electron chi connectivity index (χ4n) is 3.08. The Morgan fingerprint density at radius 1 is 1.38 bits per heavy atom. The van der Waals surface area contributed by atoms with Gasteiger partial charge in [-0.1, -0.05) is 0 Å². The van der Waals surface area contributed by atoms with Crippen LogP contribution in [0.25, 0.3) is 11.0 Å². The first-order chi connectivity index (χ1) is 11.5. The number of nitrogens with zero attached hydrogens (tertiary/aromatic N) is 1. The lowest BCUT2D eigenvalue weighted by molar-refractivity contribution is -0.135. The second-order valence-corrected chi connectivity index (χ2v) is 5.90. The number of likely N-dealkylation sites (tertiary alicyclic amines) is 1. The van der Waals surface area contributed by atoms with E-state index >= 15 is 0 Å². The molecule has 7 nitrogen and oxygen atoms in total. The molecular weight excluding hydrogens is 310 g/mol. The molecule has 0 saturated carbocycles. The van der Waals surface area contributed by atoms with Crippen LogP contribution in [0.3, 0.4) is 0 Å². The molecular formula is C17H19N3O4. The Morgan fingerprint density at radius 2 is 2.17 bits per heavy atom. The summed E-state index contributed by atoms with van der Waals surface area (Å²) < 4.78 is 5.18. The highest BCUT2D eigenvalue weighted by atomic mass is 16.4. The summed E-state index contributed by atoms with van der Waals surface area (Å²) in [6.45, 7) is 2.26. The van der Waals surface area contributed by atoms with Gasteiger partial charge >= 0.3 is 5.63 Å². The number of amides is 2. The number of carbonyl (C=O) groups is 2. The summed E-state index contributed by atoms with van der Waals surface area (Å²) in [5.74, 6) is -0.489. The zero-order chi connectivity index (χ0) is 17.3. The molecule has 24 heavy (non-hydrogen) atoms. The largest absolute Gasteiger partial charge is 0.423 e. The maximum atomic E-state index is 12.5. The van der Waals surface area contributed by atoms with Gasteiger partial charge in [0.25, 0.3) is 0 Å². The molecule has 0 spiro atoms. The number of hydrogen-bond acceptors (Lipinski definition) is 5. The van der Waals surface area contributed by atoms with E-state index < -0.39 is 11.7 Å². The minimum atomic E-state index is -0.513. The van der Waals surface area contributed by atoms with Crippen molar-refractivity contribution >= 4 is 28.5 Å². The lowest BCUT2D eigenvalue weighted by atomic mass is 10.1. The van der Waals surface area contributed by atoms with Crippen molar-refractivity contribution < 1.29 is 14.0 Å². The quantitative estimate of drug-likeness (QED) is 0.817. The predicted molar refractivity (Wildman–Crippen MR) is 89.6 cm³/mol. The number of rotatable bonds is 3. The number of anilines is 1. The van der Waals surface area contributed by atoms with Gasteiger partial charge < -0.3 is 20.4 Å². The van der Waals surface area contributed by atoms with Gasteiger partial charge in [-0.3, -0.25) is 9.59 Å². The molecule has 1 aliphatic heterocycles. The van der Waals surface area contributed by atoms with E-state index in [4.69, 9.17) is 10.2 Å². The maximum Gasteiger partial charge on any atom is 0.336 e. The number of aryl methyl sites for hydroxylation is 1. The fourth-order valence-corrected chi connectivity index (χ4v) is 3.08. The molecule has 3 N–H and O–H groups in total. The van der Waals surface area contributed by atoms with Crippen molar-refractivity contribution in [3.63, 3.8) is 0 Å². The molecule has 2 amide bonds. The van der Waals surface area contributed by atoms with Crippen molar-refractivity contribution in [1.29, 1.82) is 0 Å². The molecule has 0 unspecified atom stereocenters. The van der Waals surface area contributed by atoms with Gasteiger partial charge in [-0.2, -0.15) is 0 Å². The Hall–Kier alpha value is -2.67.